The fraction of sp³-hybridized carbons (Fsp3) is 0.962. The smallest absolute Gasteiger partial charge is 0.303 e. The third-order valence-corrected chi connectivity index (χ3v) is 10.9. The van der Waals surface area contributed by atoms with Gasteiger partial charge in [-0.1, -0.05) is 34.1 Å². The molecule has 4 aliphatic carbocycles. The van der Waals surface area contributed by atoms with Crippen LogP contribution in [-0.4, -0.2) is 44.7 Å². The zero-order valence-corrected chi connectivity index (χ0v) is 19.8. The molecular formula is C26H44O5. The van der Waals surface area contributed by atoms with Crippen molar-refractivity contribution < 1.29 is 25.2 Å². The summed E-state index contributed by atoms with van der Waals surface area (Å²) in [6.45, 7) is 9.01. The molecule has 5 nitrogen and oxygen atoms in total. The van der Waals surface area contributed by atoms with Crippen LogP contribution < -0.4 is 0 Å². The van der Waals surface area contributed by atoms with Crippen molar-refractivity contribution in [2.24, 2.45) is 52.3 Å². The van der Waals surface area contributed by atoms with Crippen LogP contribution in [0.15, 0.2) is 0 Å². The summed E-state index contributed by atoms with van der Waals surface area (Å²) in [7, 11) is 0. The predicted octanol–water partition coefficient (Wildman–Crippen LogP) is 4.08. The molecule has 0 aliphatic heterocycles. The molecule has 31 heavy (non-hydrogen) atoms. The average molecular weight is 437 g/mol. The first kappa shape index (κ1) is 23.5. The van der Waals surface area contributed by atoms with Gasteiger partial charge in [0.15, 0.2) is 0 Å². The van der Waals surface area contributed by atoms with Crippen LogP contribution in [0, 0.1) is 52.3 Å². The second kappa shape index (κ2) is 8.29. The van der Waals surface area contributed by atoms with E-state index in [2.05, 4.69) is 27.7 Å². The van der Waals surface area contributed by atoms with Crippen molar-refractivity contribution in [3.8, 4) is 0 Å². The Kier molecular flexibility index (Phi) is 6.28. The van der Waals surface area contributed by atoms with Gasteiger partial charge in [-0.3, -0.25) is 4.79 Å². The van der Waals surface area contributed by atoms with Crippen molar-refractivity contribution in [1.29, 1.82) is 0 Å². The summed E-state index contributed by atoms with van der Waals surface area (Å²) in [5.74, 6) is 1.00. The summed E-state index contributed by atoms with van der Waals surface area (Å²) in [6.07, 6.45) is 6.04. The monoisotopic (exact) mass is 436 g/mol. The van der Waals surface area contributed by atoms with Crippen LogP contribution in [-0.2, 0) is 4.79 Å². The lowest BCUT2D eigenvalue weighted by Crippen LogP contribution is -2.65. The van der Waals surface area contributed by atoms with Gasteiger partial charge in [-0.2, -0.15) is 0 Å². The Balaban J connectivity index is 1.66. The van der Waals surface area contributed by atoms with Crippen LogP contribution in [0.3, 0.4) is 0 Å². The Hall–Kier alpha value is -0.650. The van der Waals surface area contributed by atoms with E-state index in [1.165, 1.54) is 0 Å². The maximum absolute atomic E-state index is 11.7. The van der Waals surface area contributed by atoms with Crippen molar-refractivity contribution in [3.63, 3.8) is 0 Å². The number of hydrogen-bond acceptors (Lipinski definition) is 4. The Morgan fingerprint density at radius 3 is 2.42 bits per heavy atom. The molecule has 12 atom stereocenters. The molecule has 0 aromatic rings. The third-order valence-electron chi connectivity index (χ3n) is 10.9. The normalized spacial score (nSPS) is 52.7. The van der Waals surface area contributed by atoms with Gasteiger partial charge >= 0.3 is 5.97 Å². The molecular weight excluding hydrogens is 392 g/mol. The molecule has 0 saturated heterocycles. The van der Waals surface area contributed by atoms with Crippen molar-refractivity contribution in [3.05, 3.63) is 0 Å². The lowest BCUT2D eigenvalue weighted by molar-refractivity contribution is -0.235. The third kappa shape index (κ3) is 3.58. The molecule has 0 aromatic carbocycles. The van der Waals surface area contributed by atoms with E-state index < -0.39 is 18.2 Å². The van der Waals surface area contributed by atoms with Crippen molar-refractivity contribution in [2.45, 2.75) is 104 Å². The number of rotatable bonds is 5. The number of carbonyl (C=O) groups is 1. The first-order valence-electron chi connectivity index (χ1n) is 12.8. The Labute approximate surface area is 187 Å². The second-order valence-corrected chi connectivity index (χ2v) is 12.2. The van der Waals surface area contributed by atoms with Gasteiger partial charge in [-0.15, -0.1) is 0 Å². The van der Waals surface area contributed by atoms with Gasteiger partial charge in [-0.05, 0) is 97.2 Å². The molecule has 0 heterocycles. The van der Waals surface area contributed by atoms with Crippen molar-refractivity contribution in [2.75, 3.05) is 0 Å². The van der Waals surface area contributed by atoms with E-state index in [0.717, 1.165) is 44.9 Å². The molecule has 0 spiro atoms. The first-order chi connectivity index (χ1) is 14.5. The van der Waals surface area contributed by atoms with Crippen LogP contribution in [0.4, 0.5) is 0 Å². The molecule has 4 saturated carbocycles. The van der Waals surface area contributed by atoms with E-state index in [9.17, 15) is 20.1 Å². The highest BCUT2D eigenvalue weighted by Crippen LogP contribution is 2.69. The van der Waals surface area contributed by atoms with E-state index >= 15 is 0 Å². The molecule has 4 rings (SSSR count). The summed E-state index contributed by atoms with van der Waals surface area (Å²) in [4.78, 5) is 11.1. The zero-order valence-electron chi connectivity index (χ0n) is 19.8. The Morgan fingerprint density at radius 2 is 1.77 bits per heavy atom. The number of aliphatic carboxylic acids is 1. The standard InChI is InChI=1S/C26H44O5/c1-5-16-19-12-15(27)10-11-25(19,3)23-20(28)13-26(4)17(14(2)6-9-21(29)30)7-8-18(26)22(23)24(16)31/h14-20,22-24,27-28,31H,5-13H2,1-4H3,(H,29,30)/t14-,15-,16-,17?,18?,19+,20+,22?,23?,24?,25+,26-/m1/s1. The fourth-order valence-corrected chi connectivity index (χ4v) is 9.60. The maximum Gasteiger partial charge on any atom is 0.303 e. The molecule has 5 unspecified atom stereocenters. The maximum atomic E-state index is 11.7. The minimum absolute atomic E-state index is 0.0302. The van der Waals surface area contributed by atoms with Crippen LogP contribution in [0.5, 0.6) is 0 Å². The van der Waals surface area contributed by atoms with Crippen LogP contribution in [0.2, 0.25) is 0 Å². The molecule has 0 radical (unpaired) electrons. The molecule has 0 aromatic heterocycles. The van der Waals surface area contributed by atoms with Gasteiger partial charge in [0, 0.05) is 6.42 Å². The van der Waals surface area contributed by atoms with E-state index in [1.54, 1.807) is 0 Å². The SMILES string of the molecule is CC[C@H]1C(O)C2C3CCC([C@H](C)CCC(=O)O)[C@@]3(C)C[C@H](O)C2[C@@]2(C)CC[C@@H](O)C[C@@H]12. The highest BCUT2D eigenvalue weighted by Gasteiger charge is 2.67. The topological polar surface area (TPSA) is 98.0 Å². The molecule has 0 bridgehead atoms. The minimum atomic E-state index is -0.734. The number of fused-ring (bicyclic) bond motifs is 5. The van der Waals surface area contributed by atoms with Gasteiger partial charge in [0.25, 0.3) is 0 Å². The van der Waals surface area contributed by atoms with Gasteiger partial charge in [0.2, 0.25) is 0 Å². The fourth-order valence-electron chi connectivity index (χ4n) is 9.60. The van der Waals surface area contributed by atoms with Crippen molar-refractivity contribution in [1.82, 2.24) is 0 Å². The van der Waals surface area contributed by atoms with E-state index in [0.29, 0.717) is 24.2 Å². The van der Waals surface area contributed by atoms with Gasteiger partial charge in [0.05, 0.1) is 18.3 Å². The van der Waals surface area contributed by atoms with Crippen LogP contribution in [0.1, 0.15) is 85.5 Å². The number of aliphatic hydroxyl groups excluding tert-OH is 3. The molecule has 0 amide bonds. The molecule has 4 aliphatic rings. The summed E-state index contributed by atoms with van der Waals surface area (Å²) < 4.78 is 0. The summed E-state index contributed by atoms with van der Waals surface area (Å²) in [5, 5.41) is 42.9. The Morgan fingerprint density at radius 1 is 1.06 bits per heavy atom. The van der Waals surface area contributed by atoms with E-state index in [4.69, 9.17) is 5.11 Å². The quantitative estimate of drug-likeness (QED) is 0.520. The highest BCUT2D eigenvalue weighted by molar-refractivity contribution is 5.66. The largest absolute Gasteiger partial charge is 0.481 e. The summed E-state index contributed by atoms with van der Waals surface area (Å²) in [5.41, 5.74) is -0.0767. The Bertz CT molecular complexity index is 681. The van der Waals surface area contributed by atoms with Crippen LogP contribution in [0.25, 0.3) is 0 Å². The highest BCUT2D eigenvalue weighted by atomic mass is 16.4. The number of aliphatic hydroxyl groups is 3. The van der Waals surface area contributed by atoms with Gasteiger partial charge < -0.3 is 20.4 Å². The van der Waals surface area contributed by atoms with E-state index in [-0.39, 0.29) is 47.0 Å². The molecule has 178 valence electrons. The molecule has 4 N–H and O–H groups in total. The first-order valence-corrected chi connectivity index (χ1v) is 12.8. The summed E-state index contributed by atoms with van der Waals surface area (Å²) >= 11 is 0. The number of carboxylic acids is 1. The van der Waals surface area contributed by atoms with Crippen LogP contribution >= 0.6 is 0 Å². The molecule has 5 heteroatoms. The lowest BCUT2D eigenvalue weighted by Gasteiger charge is -2.66. The number of carboxylic acid groups (broad SMARTS) is 1. The lowest BCUT2D eigenvalue weighted by atomic mass is 9.40. The zero-order chi connectivity index (χ0) is 22.7. The number of hydrogen-bond donors (Lipinski definition) is 4. The van der Waals surface area contributed by atoms with Gasteiger partial charge in [-0.25, -0.2) is 0 Å². The van der Waals surface area contributed by atoms with Gasteiger partial charge in [0.1, 0.15) is 0 Å². The summed E-state index contributed by atoms with van der Waals surface area (Å²) in [6, 6.07) is 0. The average Bonchev–Trinajstić information content (AvgIpc) is 3.04. The minimum Gasteiger partial charge on any atom is -0.481 e. The van der Waals surface area contributed by atoms with E-state index in [1.807, 2.05) is 0 Å². The predicted molar refractivity (Wildman–Crippen MR) is 119 cm³/mol. The second-order valence-electron chi connectivity index (χ2n) is 12.2. The van der Waals surface area contributed by atoms with Crippen molar-refractivity contribution >= 4 is 5.97 Å². The molecule has 4 fully saturated rings.